The van der Waals surface area contributed by atoms with Gasteiger partial charge in [-0.25, -0.2) is 14.6 Å². The molecule has 0 aliphatic rings. The van der Waals surface area contributed by atoms with Crippen molar-refractivity contribution in [3.05, 3.63) is 18.7 Å². The van der Waals surface area contributed by atoms with E-state index in [1.54, 1.807) is 20.8 Å². The highest BCUT2D eigenvalue weighted by molar-refractivity contribution is 5.76. The average Bonchev–Trinajstić information content (AvgIpc) is 2.74. The second-order valence-electron chi connectivity index (χ2n) is 4.81. The largest absolute Gasteiger partial charge is 0.465 e. The van der Waals surface area contributed by atoms with Crippen LogP contribution in [0.25, 0.3) is 0 Å². The van der Waals surface area contributed by atoms with E-state index in [4.69, 9.17) is 5.11 Å². The fraction of sp³-hybridized carbons (Fsp3) is 0.545. The number of carbonyl (C=O) groups is 2. The van der Waals surface area contributed by atoms with Gasteiger partial charge in [0.15, 0.2) is 0 Å². The summed E-state index contributed by atoms with van der Waals surface area (Å²) in [5, 5.41) is 11.7. The molecular formula is C11H18N4O3. The fourth-order valence-corrected chi connectivity index (χ4v) is 1.46. The van der Waals surface area contributed by atoms with Gasteiger partial charge in [0.05, 0.1) is 0 Å². The van der Waals surface area contributed by atoms with Gasteiger partial charge in [-0.15, -0.1) is 0 Å². The molecule has 1 aromatic heterocycles. The first-order valence-corrected chi connectivity index (χ1v) is 5.59. The quantitative estimate of drug-likeness (QED) is 0.849. The molecule has 2 amide bonds. The van der Waals surface area contributed by atoms with Crippen LogP contribution in [0.15, 0.2) is 18.7 Å². The van der Waals surface area contributed by atoms with Crippen molar-refractivity contribution >= 4 is 12.1 Å². The first-order chi connectivity index (χ1) is 8.32. The molecule has 0 aromatic carbocycles. The van der Waals surface area contributed by atoms with Gasteiger partial charge in [-0.1, -0.05) is 0 Å². The zero-order valence-corrected chi connectivity index (χ0v) is 10.8. The van der Waals surface area contributed by atoms with Gasteiger partial charge in [0.1, 0.15) is 6.33 Å². The Kier molecular flexibility index (Phi) is 4.30. The van der Waals surface area contributed by atoms with Crippen molar-refractivity contribution in [1.29, 1.82) is 0 Å². The van der Waals surface area contributed by atoms with E-state index in [-0.39, 0.29) is 19.1 Å². The van der Waals surface area contributed by atoms with Crippen LogP contribution in [0.3, 0.4) is 0 Å². The van der Waals surface area contributed by atoms with E-state index < -0.39 is 11.6 Å². The Morgan fingerprint density at radius 2 is 2.11 bits per heavy atom. The van der Waals surface area contributed by atoms with Crippen LogP contribution in [-0.4, -0.2) is 50.3 Å². The van der Waals surface area contributed by atoms with E-state index in [0.29, 0.717) is 0 Å². The highest BCUT2D eigenvalue weighted by Crippen LogP contribution is 2.12. The molecule has 100 valence electrons. The second kappa shape index (κ2) is 5.52. The zero-order chi connectivity index (χ0) is 13.8. The van der Waals surface area contributed by atoms with Gasteiger partial charge >= 0.3 is 12.1 Å². The summed E-state index contributed by atoms with van der Waals surface area (Å²) in [5.41, 5.74) is -0.494. The Balaban J connectivity index is 2.45. The number of nitrogens with zero attached hydrogens (tertiary/aromatic N) is 3. The van der Waals surface area contributed by atoms with Crippen LogP contribution in [-0.2, 0) is 0 Å². The predicted octanol–water partition coefficient (Wildman–Crippen LogP) is 1.22. The molecule has 1 heterocycles. The summed E-state index contributed by atoms with van der Waals surface area (Å²) in [4.78, 5) is 27.6. The minimum Gasteiger partial charge on any atom is -0.465 e. The van der Waals surface area contributed by atoms with Crippen molar-refractivity contribution in [2.45, 2.75) is 26.3 Å². The monoisotopic (exact) mass is 254 g/mol. The molecule has 0 saturated carbocycles. The van der Waals surface area contributed by atoms with E-state index in [1.807, 2.05) is 0 Å². The van der Waals surface area contributed by atoms with E-state index in [0.717, 1.165) is 0 Å². The minimum absolute atomic E-state index is 0.235. The van der Waals surface area contributed by atoms with E-state index >= 15 is 0 Å². The maximum absolute atomic E-state index is 11.6. The SMILES string of the molecule is CC(C)(C)N(CCNC(=O)n1ccnc1)C(=O)O. The topological polar surface area (TPSA) is 87.5 Å². The normalized spacial score (nSPS) is 11.1. The number of imidazole rings is 1. The van der Waals surface area contributed by atoms with Crippen LogP contribution in [0, 0.1) is 0 Å². The lowest BCUT2D eigenvalue weighted by Gasteiger charge is -2.33. The Hall–Kier alpha value is -2.05. The molecule has 0 spiro atoms. The summed E-state index contributed by atoms with van der Waals surface area (Å²) in [6.07, 6.45) is 3.40. The molecule has 18 heavy (non-hydrogen) atoms. The zero-order valence-electron chi connectivity index (χ0n) is 10.8. The van der Waals surface area contributed by atoms with Crippen molar-refractivity contribution in [2.75, 3.05) is 13.1 Å². The second-order valence-corrected chi connectivity index (χ2v) is 4.81. The molecule has 0 aliphatic carbocycles. The van der Waals surface area contributed by atoms with Gasteiger partial charge in [-0.3, -0.25) is 4.57 Å². The maximum atomic E-state index is 11.6. The molecule has 0 fully saturated rings. The summed E-state index contributed by atoms with van der Waals surface area (Å²) in [6, 6.07) is -0.327. The highest BCUT2D eigenvalue weighted by atomic mass is 16.4. The molecule has 0 unspecified atom stereocenters. The molecule has 1 aromatic rings. The molecule has 0 bridgehead atoms. The number of hydrogen-bond acceptors (Lipinski definition) is 3. The molecule has 0 saturated heterocycles. The summed E-state index contributed by atoms with van der Waals surface area (Å²) < 4.78 is 1.29. The van der Waals surface area contributed by atoms with Crippen LogP contribution < -0.4 is 5.32 Å². The predicted molar refractivity (Wildman–Crippen MR) is 65.5 cm³/mol. The van der Waals surface area contributed by atoms with Crippen LogP contribution in [0.1, 0.15) is 20.8 Å². The van der Waals surface area contributed by atoms with Gasteiger partial charge in [0, 0.05) is 31.0 Å². The Morgan fingerprint density at radius 3 is 2.56 bits per heavy atom. The summed E-state index contributed by atoms with van der Waals surface area (Å²) in [6.45, 7) is 5.90. The van der Waals surface area contributed by atoms with Crippen molar-refractivity contribution in [3.8, 4) is 0 Å². The molecular weight excluding hydrogens is 236 g/mol. The first kappa shape index (κ1) is 14.0. The van der Waals surface area contributed by atoms with Crippen molar-refractivity contribution < 1.29 is 14.7 Å². The third-order valence-electron chi connectivity index (χ3n) is 2.39. The lowest BCUT2D eigenvalue weighted by atomic mass is 10.1. The maximum Gasteiger partial charge on any atom is 0.407 e. The lowest BCUT2D eigenvalue weighted by molar-refractivity contribution is 0.101. The standard InChI is InChI=1S/C11H18N4O3/c1-11(2,3)15(10(17)18)7-5-13-9(16)14-6-4-12-8-14/h4,6,8H,5,7H2,1-3H3,(H,13,16)(H,17,18). The van der Waals surface area contributed by atoms with Gasteiger partial charge < -0.3 is 15.3 Å². The summed E-state index contributed by atoms with van der Waals surface area (Å²) in [5.74, 6) is 0. The number of amides is 2. The Bertz CT molecular complexity index is 408. The Morgan fingerprint density at radius 1 is 1.44 bits per heavy atom. The molecule has 0 radical (unpaired) electrons. The molecule has 2 N–H and O–H groups in total. The van der Waals surface area contributed by atoms with Gasteiger partial charge in [0.2, 0.25) is 0 Å². The third-order valence-corrected chi connectivity index (χ3v) is 2.39. The number of hydrogen-bond donors (Lipinski definition) is 2. The Labute approximate surface area is 105 Å². The van der Waals surface area contributed by atoms with E-state index in [2.05, 4.69) is 10.3 Å². The highest BCUT2D eigenvalue weighted by Gasteiger charge is 2.25. The minimum atomic E-state index is -1.00. The molecule has 0 aliphatic heterocycles. The average molecular weight is 254 g/mol. The van der Waals surface area contributed by atoms with Crippen molar-refractivity contribution in [1.82, 2.24) is 19.8 Å². The first-order valence-electron chi connectivity index (χ1n) is 5.59. The summed E-state index contributed by atoms with van der Waals surface area (Å²) >= 11 is 0. The smallest absolute Gasteiger partial charge is 0.407 e. The molecule has 7 heteroatoms. The molecule has 0 atom stereocenters. The number of rotatable bonds is 3. The number of carbonyl (C=O) groups excluding carboxylic acids is 1. The van der Waals surface area contributed by atoms with Crippen LogP contribution in [0.5, 0.6) is 0 Å². The number of nitrogens with one attached hydrogen (secondary N) is 1. The molecule has 1 rings (SSSR count). The van der Waals surface area contributed by atoms with E-state index in [9.17, 15) is 9.59 Å². The fourth-order valence-electron chi connectivity index (χ4n) is 1.46. The van der Waals surface area contributed by atoms with Crippen molar-refractivity contribution in [3.63, 3.8) is 0 Å². The van der Waals surface area contributed by atoms with Gasteiger partial charge in [0.25, 0.3) is 0 Å². The van der Waals surface area contributed by atoms with E-state index in [1.165, 1.54) is 28.2 Å². The number of aromatic nitrogens is 2. The van der Waals surface area contributed by atoms with Crippen LogP contribution in [0.2, 0.25) is 0 Å². The van der Waals surface area contributed by atoms with Gasteiger partial charge in [-0.2, -0.15) is 0 Å². The number of carboxylic acid groups (broad SMARTS) is 1. The van der Waals surface area contributed by atoms with Crippen LogP contribution >= 0.6 is 0 Å². The summed E-state index contributed by atoms with van der Waals surface area (Å²) in [7, 11) is 0. The van der Waals surface area contributed by atoms with Crippen molar-refractivity contribution in [2.24, 2.45) is 0 Å². The third kappa shape index (κ3) is 3.76. The lowest BCUT2D eigenvalue weighted by Crippen LogP contribution is -2.48. The van der Waals surface area contributed by atoms with Crippen LogP contribution in [0.4, 0.5) is 9.59 Å². The van der Waals surface area contributed by atoms with Gasteiger partial charge in [-0.05, 0) is 20.8 Å². The molecule has 7 nitrogen and oxygen atoms in total.